The predicted octanol–water partition coefficient (Wildman–Crippen LogP) is 6.01. The molecule has 2 heterocycles. The molecule has 0 unspecified atom stereocenters. The highest BCUT2D eigenvalue weighted by molar-refractivity contribution is 8.19. The molecule has 1 amide bonds. The van der Waals surface area contributed by atoms with Gasteiger partial charge in [-0.3, -0.25) is 4.79 Å². The Morgan fingerprint density at radius 2 is 2.00 bits per heavy atom. The second kappa shape index (κ2) is 9.11. The second-order valence-electron chi connectivity index (χ2n) is 6.37. The molecule has 1 N–H and O–H groups in total. The number of benzene rings is 2. The Morgan fingerprint density at radius 3 is 2.79 bits per heavy atom. The number of nitrogens with zero attached hydrogens (tertiary/aromatic N) is 1. The van der Waals surface area contributed by atoms with Crippen LogP contribution in [0.1, 0.15) is 32.0 Å². The maximum atomic E-state index is 12.9. The van der Waals surface area contributed by atoms with E-state index in [1.807, 2.05) is 72.9 Å². The second-order valence-corrected chi connectivity index (χ2v) is 10.1. The van der Waals surface area contributed by atoms with Crippen LogP contribution in [-0.4, -0.2) is 22.6 Å². The molecule has 0 atom stereocenters. The van der Waals surface area contributed by atoms with Crippen molar-refractivity contribution in [1.82, 2.24) is 5.16 Å². The molecule has 0 saturated carbocycles. The first-order valence-electron chi connectivity index (χ1n) is 8.97. The lowest BCUT2D eigenvalue weighted by atomic mass is 10.2. The number of carbonyl (C=O) groups is 1. The SMILES string of the molecule is Cc1cc(CSc2ccccc2C(=O)Nc2cccc(C3SCCS3)c2)on1. The van der Waals surface area contributed by atoms with Gasteiger partial charge in [-0.2, -0.15) is 0 Å². The third-order valence-electron chi connectivity index (χ3n) is 4.22. The summed E-state index contributed by atoms with van der Waals surface area (Å²) in [5.41, 5.74) is 3.62. The quantitative estimate of drug-likeness (QED) is 0.486. The Morgan fingerprint density at radius 1 is 1.18 bits per heavy atom. The van der Waals surface area contributed by atoms with E-state index < -0.39 is 0 Å². The summed E-state index contributed by atoms with van der Waals surface area (Å²) in [7, 11) is 0. The van der Waals surface area contributed by atoms with Crippen LogP contribution in [0, 0.1) is 6.92 Å². The van der Waals surface area contributed by atoms with Gasteiger partial charge in [-0.25, -0.2) is 0 Å². The number of aryl methyl sites for hydroxylation is 1. The molecule has 3 aromatic rings. The Labute approximate surface area is 177 Å². The average molecular weight is 429 g/mol. The number of nitrogens with one attached hydrogen (secondary N) is 1. The van der Waals surface area contributed by atoms with Gasteiger partial charge < -0.3 is 9.84 Å². The van der Waals surface area contributed by atoms with E-state index in [0.717, 1.165) is 22.0 Å². The highest BCUT2D eigenvalue weighted by atomic mass is 32.2. The van der Waals surface area contributed by atoms with Crippen molar-refractivity contribution in [1.29, 1.82) is 0 Å². The zero-order valence-corrected chi connectivity index (χ0v) is 17.8. The van der Waals surface area contributed by atoms with Crippen molar-refractivity contribution >= 4 is 46.9 Å². The number of anilines is 1. The topological polar surface area (TPSA) is 55.1 Å². The summed E-state index contributed by atoms with van der Waals surface area (Å²) < 4.78 is 5.73. The van der Waals surface area contributed by atoms with Crippen molar-refractivity contribution in [3.8, 4) is 0 Å². The monoisotopic (exact) mass is 428 g/mol. The van der Waals surface area contributed by atoms with Crippen LogP contribution >= 0.6 is 35.3 Å². The largest absolute Gasteiger partial charge is 0.360 e. The van der Waals surface area contributed by atoms with Gasteiger partial charge in [-0.1, -0.05) is 29.4 Å². The van der Waals surface area contributed by atoms with Crippen LogP contribution in [0.15, 0.2) is 64.0 Å². The van der Waals surface area contributed by atoms with Gasteiger partial charge in [0.05, 0.1) is 21.6 Å². The molecule has 1 saturated heterocycles. The number of hydrogen-bond acceptors (Lipinski definition) is 6. The lowest BCUT2D eigenvalue weighted by Gasteiger charge is -2.12. The Bertz CT molecular complexity index is 968. The van der Waals surface area contributed by atoms with Crippen molar-refractivity contribution in [2.75, 3.05) is 16.8 Å². The molecule has 144 valence electrons. The zero-order valence-electron chi connectivity index (χ0n) is 15.4. The van der Waals surface area contributed by atoms with Crippen molar-refractivity contribution in [3.63, 3.8) is 0 Å². The van der Waals surface area contributed by atoms with Gasteiger partial charge in [0.15, 0.2) is 0 Å². The fourth-order valence-electron chi connectivity index (χ4n) is 2.93. The van der Waals surface area contributed by atoms with E-state index in [-0.39, 0.29) is 5.91 Å². The van der Waals surface area contributed by atoms with E-state index in [4.69, 9.17) is 4.52 Å². The zero-order chi connectivity index (χ0) is 19.3. The molecule has 4 rings (SSSR count). The Balaban J connectivity index is 1.47. The molecule has 1 fully saturated rings. The molecule has 1 aromatic heterocycles. The molecule has 0 bridgehead atoms. The molecule has 4 nitrogen and oxygen atoms in total. The van der Waals surface area contributed by atoms with E-state index in [1.165, 1.54) is 17.1 Å². The van der Waals surface area contributed by atoms with E-state index in [9.17, 15) is 4.79 Å². The summed E-state index contributed by atoms with van der Waals surface area (Å²) in [4.78, 5) is 13.8. The van der Waals surface area contributed by atoms with Crippen LogP contribution < -0.4 is 5.32 Å². The number of thioether (sulfide) groups is 3. The Hall–Kier alpha value is -1.83. The van der Waals surface area contributed by atoms with Gasteiger partial charge in [-0.15, -0.1) is 35.3 Å². The highest BCUT2D eigenvalue weighted by Gasteiger charge is 2.19. The molecular formula is C21H20N2O2S3. The molecule has 7 heteroatoms. The van der Waals surface area contributed by atoms with Crippen LogP contribution in [0.5, 0.6) is 0 Å². The van der Waals surface area contributed by atoms with E-state index in [2.05, 4.69) is 22.6 Å². The first-order valence-corrected chi connectivity index (χ1v) is 12.1. The average Bonchev–Trinajstić information content (AvgIpc) is 3.39. The first-order chi connectivity index (χ1) is 13.7. The summed E-state index contributed by atoms with van der Waals surface area (Å²) in [5.74, 6) is 3.71. The number of hydrogen-bond donors (Lipinski definition) is 1. The maximum Gasteiger partial charge on any atom is 0.256 e. The van der Waals surface area contributed by atoms with Crippen molar-refractivity contribution < 1.29 is 9.32 Å². The first kappa shape index (κ1) is 19.5. The minimum absolute atomic E-state index is 0.0965. The van der Waals surface area contributed by atoms with E-state index >= 15 is 0 Å². The van der Waals surface area contributed by atoms with Crippen LogP contribution in [0.3, 0.4) is 0 Å². The summed E-state index contributed by atoms with van der Waals surface area (Å²) in [5, 5.41) is 6.97. The minimum atomic E-state index is -0.0965. The summed E-state index contributed by atoms with van der Waals surface area (Å²) in [6, 6.07) is 17.7. The molecular weight excluding hydrogens is 408 g/mol. The highest BCUT2D eigenvalue weighted by Crippen LogP contribution is 2.45. The smallest absolute Gasteiger partial charge is 0.256 e. The van der Waals surface area contributed by atoms with Crippen molar-refractivity contribution in [2.45, 2.75) is 22.2 Å². The minimum Gasteiger partial charge on any atom is -0.360 e. The van der Waals surface area contributed by atoms with Gasteiger partial charge in [-0.05, 0) is 36.8 Å². The number of aromatic nitrogens is 1. The molecule has 0 radical (unpaired) electrons. The number of carbonyl (C=O) groups excluding carboxylic acids is 1. The third kappa shape index (κ3) is 4.77. The van der Waals surface area contributed by atoms with Crippen LogP contribution in [0.25, 0.3) is 0 Å². The molecule has 1 aliphatic rings. The predicted molar refractivity (Wildman–Crippen MR) is 119 cm³/mol. The maximum absolute atomic E-state index is 12.9. The van der Waals surface area contributed by atoms with Crippen molar-refractivity contribution in [2.24, 2.45) is 0 Å². The standard InChI is InChI=1S/C21H20N2O2S3/c1-14-11-17(25-23-14)13-28-19-8-3-2-7-18(19)20(24)22-16-6-4-5-15(12-16)21-26-9-10-27-21/h2-8,11-12,21H,9-10,13H2,1H3,(H,22,24). The fourth-order valence-corrected chi connectivity index (χ4v) is 6.69. The Kier molecular flexibility index (Phi) is 6.34. The van der Waals surface area contributed by atoms with E-state index in [0.29, 0.717) is 15.9 Å². The summed E-state index contributed by atoms with van der Waals surface area (Å²) >= 11 is 5.50. The molecule has 0 aliphatic carbocycles. The van der Waals surface area contributed by atoms with Crippen LogP contribution in [0.2, 0.25) is 0 Å². The van der Waals surface area contributed by atoms with E-state index in [1.54, 1.807) is 11.8 Å². The van der Waals surface area contributed by atoms with Crippen molar-refractivity contribution in [3.05, 3.63) is 77.2 Å². The lowest BCUT2D eigenvalue weighted by molar-refractivity contribution is 0.102. The number of amides is 1. The lowest BCUT2D eigenvalue weighted by Crippen LogP contribution is -2.13. The number of rotatable bonds is 6. The van der Waals surface area contributed by atoms with Gasteiger partial charge >= 0.3 is 0 Å². The van der Waals surface area contributed by atoms with Gasteiger partial charge in [0.2, 0.25) is 0 Å². The summed E-state index contributed by atoms with van der Waals surface area (Å²) in [6.07, 6.45) is 0. The van der Waals surface area contributed by atoms with Gasteiger partial charge in [0, 0.05) is 28.2 Å². The fraction of sp³-hybridized carbons (Fsp3) is 0.238. The van der Waals surface area contributed by atoms with Gasteiger partial charge in [0.1, 0.15) is 5.76 Å². The van der Waals surface area contributed by atoms with Crippen LogP contribution in [-0.2, 0) is 5.75 Å². The molecule has 0 spiro atoms. The third-order valence-corrected chi connectivity index (χ3v) is 8.42. The normalized spacial score (nSPS) is 14.3. The molecule has 1 aliphatic heterocycles. The molecule has 2 aromatic carbocycles. The van der Waals surface area contributed by atoms with Crippen LogP contribution in [0.4, 0.5) is 5.69 Å². The molecule has 28 heavy (non-hydrogen) atoms. The van der Waals surface area contributed by atoms with Gasteiger partial charge in [0.25, 0.3) is 5.91 Å². The summed E-state index contributed by atoms with van der Waals surface area (Å²) in [6.45, 7) is 1.90.